The van der Waals surface area contributed by atoms with Gasteiger partial charge in [0.05, 0.1) is 0 Å². The molecule has 0 bridgehead atoms. The van der Waals surface area contributed by atoms with E-state index in [2.05, 4.69) is 32.6 Å². The van der Waals surface area contributed by atoms with Crippen molar-refractivity contribution in [3.8, 4) is 0 Å². The van der Waals surface area contributed by atoms with Crippen LogP contribution < -0.4 is 0 Å². The van der Waals surface area contributed by atoms with Crippen LogP contribution >= 0.6 is 0 Å². The monoisotopic (exact) mass is 154 g/mol. The van der Waals surface area contributed by atoms with E-state index in [1.165, 1.54) is 25.7 Å². The number of unbranched alkanes of at least 4 members (excludes halogenated alkanes) is 3. The highest BCUT2D eigenvalue weighted by Crippen LogP contribution is 1.98. The highest BCUT2D eigenvalue weighted by molar-refractivity contribution is 4.75. The van der Waals surface area contributed by atoms with Crippen molar-refractivity contribution in [2.24, 2.45) is 0 Å². The van der Waals surface area contributed by atoms with Gasteiger partial charge in [0, 0.05) is 0 Å². The quantitative estimate of drug-likeness (QED) is 0.417. The molecule has 66 valence electrons. The fourth-order valence-corrected chi connectivity index (χ4v) is 0.679. The summed E-state index contributed by atoms with van der Waals surface area (Å²) in [6.07, 6.45) is 11.4. The predicted octanol–water partition coefficient (Wildman–Crippen LogP) is 4.34. The lowest BCUT2D eigenvalue weighted by Crippen LogP contribution is -1.68. The topological polar surface area (TPSA) is 0 Å². The molecule has 0 aliphatic carbocycles. The molecule has 0 heterocycles. The first kappa shape index (κ1) is 13.1. The highest BCUT2D eigenvalue weighted by Gasteiger charge is 1.78. The Morgan fingerprint density at radius 1 is 1.18 bits per heavy atom. The summed E-state index contributed by atoms with van der Waals surface area (Å²) in [7, 11) is 0. The van der Waals surface area contributed by atoms with Crippen LogP contribution in [0, 0.1) is 0 Å². The van der Waals surface area contributed by atoms with E-state index in [-0.39, 0.29) is 0 Å². The van der Waals surface area contributed by atoms with Crippen molar-refractivity contribution in [3.05, 3.63) is 24.8 Å². The highest BCUT2D eigenvalue weighted by atomic mass is 13.8. The average Bonchev–Trinajstić information content (AvgIpc) is 2.00. The molecular formula is C11H22. The van der Waals surface area contributed by atoms with Gasteiger partial charge in [-0.25, -0.2) is 0 Å². The predicted molar refractivity (Wildman–Crippen MR) is 54.8 cm³/mol. The largest absolute Gasteiger partial charge is 0.103 e. The van der Waals surface area contributed by atoms with Crippen molar-refractivity contribution in [2.45, 2.75) is 46.5 Å². The average molecular weight is 154 g/mol. The number of hydrogen-bond donors (Lipinski definition) is 0. The molecule has 0 aromatic heterocycles. The van der Waals surface area contributed by atoms with Gasteiger partial charge in [-0.15, -0.1) is 6.58 Å². The number of allylic oxidation sites excluding steroid dienone is 3. The van der Waals surface area contributed by atoms with Gasteiger partial charge in [0.25, 0.3) is 0 Å². The minimum absolute atomic E-state index is 1.27. The maximum Gasteiger partial charge on any atom is -0.0351 e. The van der Waals surface area contributed by atoms with Crippen molar-refractivity contribution in [1.29, 1.82) is 0 Å². The third-order valence-electron chi connectivity index (χ3n) is 1.21. The lowest BCUT2D eigenvalue weighted by atomic mass is 10.2. The summed E-state index contributed by atoms with van der Waals surface area (Å²) >= 11 is 0. The summed E-state index contributed by atoms with van der Waals surface area (Å²) in [5, 5.41) is 0. The molecule has 0 aromatic carbocycles. The molecular weight excluding hydrogens is 132 g/mol. The van der Waals surface area contributed by atoms with Crippen LogP contribution in [0.4, 0.5) is 0 Å². The standard InChI is InChI=1S/C8H16.C3H6/c1-3-5-7-8-6-4-2;1-3-2/h3,5H,4,6-8H2,1-2H3;3H,1H2,2H3/b5-3+;. The van der Waals surface area contributed by atoms with Gasteiger partial charge in [-0.2, -0.15) is 0 Å². The molecule has 0 aliphatic rings. The third kappa shape index (κ3) is 26.4. The second kappa shape index (κ2) is 16.2. The molecule has 0 aliphatic heterocycles. The lowest BCUT2D eigenvalue weighted by molar-refractivity contribution is 0.729. The molecule has 0 fully saturated rings. The maximum absolute atomic E-state index is 3.36. The first-order valence-electron chi connectivity index (χ1n) is 4.51. The second-order valence-electron chi connectivity index (χ2n) is 2.47. The molecule has 0 amide bonds. The third-order valence-corrected chi connectivity index (χ3v) is 1.21. The van der Waals surface area contributed by atoms with Crippen molar-refractivity contribution in [3.63, 3.8) is 0 Å². The Hall–Kier alpha value is -0.520. The maximum atomic E-state index is 3.36. The summed E-state index contributed by atoms with van der Waals surface area (Å²) in [6, 6.07) is 0. The molecule has 0 N–H and O–H groups in total. The van der Waals surface area contributed by atoms with E-state index in [9.17, 15) is 0 Å². The van der Waals surface area contributed by atoms with Crippen LogP contribution in [-0.2, 0) is 0 Å². The van der Waals surface area contributed by atoms with E-state index < -0.39 is 0 Å². The zero-order valence-corrected chi connectivity index (χ0v) is 8.27. The smallest absolute Gasteiger partial charge is 0.0351 e. The molecule has 0 aromatic rings. The zero-order valence-electron chi connectivity index (χ0n) is 8.27. The van der Waals surface area contributed by atoms with Crippen molar-refractivity contribution < 1.29 is 0 Å². The van der Waals surface area contributed by atoms with Gasteiger partial charge >= 0.3 is 0 Å². The summed E-state index contributed by atoms with van der Waals surface area (Å²) in [5.41, 5.74) is 0. The van der Waals surface area contributed by atoms with E-state index in [0.29, 0.717) is 0 Å². The second-order valence-corrected chi connectivity index (χ2v) is 2.47. The Morgan fingerprint density at radius 2 is 1.73 bits per heavy atom. The Morgan fingerprint density at radius 3 is 2.09 bits per heavy atom. The number of hydrogen-bond acceptors (Lipinski definition) is 0. The molecule has 0 saturated carbocycles. The van der Waals surface area contributed by atoms with Crippen LogP contribution in [-0.4, -0.2) is 0 Å². The van der Waals surface area contributed by atoms with Crippen LogP contribution in [0.3, 0.4) is 0 Å². The molecule has 0 radical (unpaired) electrons. The van der Waals surface area contributed by atoms with Gasteiger partial charge < -0.3 is 0 Å². The van der Waals surface area contributed by atoms with E-state index in [4.69, 9.17) is 0 Å². The van der Waals surface area contributed by atoms with Crippen molar-refractivity contribution in [2.75, 3.05) is 0 Å². The molecule has 0 heteroatoms. The molecule has 11 heavy (non-hydrogen) atoms. The van der Waals surface area contributed by atoms with Crippen LogP contribution in [0.5, 0.6) is 0 Å². The van der Waals surface area contributed by atoms with Crippen molar-refractivity contribution in [1.82, 2.24) is 0 Å². The molecule has 0 saturated heterocycles. The van der Waals surface area contributed by atoms with E-state index in [1.807, 2.05) is 6.92 Å². The Bertz CT molecular complexity index is 80.0. The molecule has 0 atom stereocenters. The Kier molecular flexibility index (Phi) is 19.3. The summed E-state index contributed by atoms with van der Waals surface area (Å²) in [5.74, 6) is 0. The Labute approximate surface area is 72.0 Å². The first-order chi connectivity index (χ1) is 5.33. The van der Waals surface area contributed by atoms with Gasteiger partial charge in [0.2, 0.25) is 0 Å². The van der Waals surface area contributed by atoms with E-state index >= 15 is 0 Å². The molecule has 0 spiro atoms. The summed E-state index contributed by atoms with van der Waals surface area (Å²) < 4.78 is 0. The molecule has 0 unspecified atom stereocenters. The van der Waals surface area contributed by atoms with Gasteiger partial charge in [-0.3, -0.25) is 0 Å². The number of rotatable bonds is 4. The van der Waals surface area contributed by atoms with Gasteiger partial charge in [0.1, 0.15) is 0 Å². The van der Waals surface area contributed by atoms with Crippen LogP contribution in [0.25, 0.3) is 0 Å². The van der Waals surface area contributed by atoms with Crippen LogP contribution in [0.15, 0.2) is 24.8 Å². The normalized spacial score (nSPS) is 9.00. The Balaban J connectivity index is 0. The van der Waals surface area contributed by atoms with Gasteiger partial charge in [-0.05, 0) is 26.7 Å². The van der Waals surface area contributed by atoms with Crippen LogP contribution in [0.2, 0.25) is 0 Å². The fraction of sp³-hybridized carbons (Fsp3) is 0.636. The van der Waals surface area contributed by atoms with E-state index in [1.54, 1.807) is 6.08 Å². The molecule has 0 rings (SSSR count). The fourth-order valence-electron chi connectivity index (χ4n) is 0.679. The lowest BCUT2D eigenvalue weighted by Gasteiger charge is -1.88. The van der Waals surface area contributed by atoms with Crippen LogP contribution in [0.1, 0.15) is 46.5 Å². The first-order valence-corrected chi connectivity index (χ1v) is 4.51. The minimum Gasteiger partial charge on any atom is -0.103 e. The summed E-state index contributed by atoms with van der Waals surface area (Å²) in [6.45, 7) is 9.56. The van der Waals surface area contributed by atoms with Gasteiger partial charge in [-0.1, -0.05) is 38.0 Å². The summed E-state index contributed by atoms with van der Waals surface area (Å²) in [4.78, 5) is 0. The minimum atomic E-state index is 1.27. The van der Waals surface area contributed by atoms with E-state index in [0.717, 1.165) is 0 Å². The van der Waals surface area contributed by atoms with Crippen molar-refractivity contribution >= 4 is 0 Å². The molecule has 0 nitrogen and oxygen atoms in total. The zero-order chi connectivity index (χ0) is 8.95. The SMILES string of the molecule is C/C=C/CCCCC.C=CC. The van der Waals surface area contributed by atoms with Gasteiger partial charge in [0.15, 0.2) is 0 Å².